The maximum absolute atomic E-state index is 11.7. The molecule has 1 aromatic heterocycles. The van der Waals surface area contributed by atoms with Crippen LogP contribution in [-0.2, 0) is 0 Å². The van der Waals surface area contributed by atoms with Crippen LogP contribution in [0.4, 0.5) is 5.69 Å². The summed E-state index contributed by atoms with van der Waals surface area (Å²) in [7, 11) is 0. The highest BCUT2D eigenvalue weighted by Gasteiger charge is 2.14. The van der Waals surface area contributed by atoms with E-state index in [4.69, 9.17) is 0 Å². The molecule has 1 amide bonds. The quantitative estimate of drug-likeness (QED) is 0.495. The van der Waals surface area contributed by atoms with Crippen molar-refractivity contribution in [2.24, 2.45) is 0 Å². The Balaban J connectivity index is 1.75. The number of hydrogen-bond donors (Lipinski definition) is 3. The van der Waals surface area contributed by atoms with Crippen LogP contribution >= 0.6 is 0 Å². The van der Waals surface area contributed by atoms with E-state index in [0.717, 1.165) is 32.7 Å². The van der Waals surface area contributed by atoms with E-state index in [1.807, 2.05) is 0 Å². The Kier molecular flexibility index (Phi) is 4.48. The van der Waals surface area contributed by atoms with Gasteiger partial charge in [-0.2, -0.15) is 0 Å². The smallest absolute Gasteiger partial charge is 0.287 e. The fourth-order valence-corrected chi connectivity index (χ4v) is 1.98. The average Bonchev–Trinajstić information content (AvgIpc) is 2.89. The van der Waals surface area contributed by atoms with Gasteiger partial charge in [0.1, 0.15) is 5.69 Å². The van der Waals surface area contributed by atoms with E-state index >= 15 is 0 Å². The lowest BCUT2D eigenvalue weighted by molar-refractivity contribution is -0.384. The number of H-pyrrole nitrogens is 1. The van der Waals surface area contributed by atoms with Gasteiger partial charge >= 0.3 is 0 Å². The maximum atomic E-state index is 11.7. The third kappa shape index (κ3) is 3.76. The molecule has 1 aromatic rings. The molecular formula is C11H17N5O3. The predicted molar refractivity (Wildman–Crippen MR) is 69.1 cm³/mol. The normalized spacial score (nSPS) is 16.2. The van der Waals surface area contributed by atoms with E-state index in [1.54, 1.807) is 0 Å². The molecule has 0 bridgehead atoms. The van der Waals surface area contributed by atoms with Gasteiger partial charge in [0.05, 0.1) is 11.1 Å². The summed E-state index contributed by atoms with van der Waals surface area (Å²) in [6.45, 7) is 5.21. The second kappa shape index (κ2) is 6.30. The first kappa shape index (κ1) is 13.5. The lowest BCUT2D eigenvalue weighted by Crippen LogP contribution is -2.46. The SMILES string of the molecule is O=C(NCCN1CCNCC1)c1cc([N+](=O)[O-])c[nH]1. The molecular weight excluding hydrogens is 250 g/mol. The lowest BCUT2D eigenvalue weighted by atomic mass is 10.3. The first-order valence-corrected chi connectivity index (χ1v) is 6.21. The molecule has 104 valence electrons. The molecule has 1 fully saturated rings. The summed E-state index contributed by atoms with van der Waals surface area (Å²) < 4.78 is 0. The van der Waals surface area contributed by atoms with Crippen molar-refractivity contribution in [3.63, 3.8) is 0 Å². The molecule has 2 rings (SSSR count). The van der Waals surface area contributed by atoms with Crippen LogP contribution in [0.25, 0.3) is 0 Å². The summed E-state index contributed by atoms with van der Waals surface area (Å²) in [5, 5.41) is 16.5. The van der Waals surface area contributed by atoms with Gasteiger partial charge in [-0.15, -0.1) is 0 Å². The van der Waals surface area contributed by atoms with Crippen molar-refractivity contribution in [1.82, 2.24) is 20.5 Å². The number of nitrogens with zero attached hydrogens (tertiary/aromatic N) is 2. The molecule has 3 N–H and O–H groups in total. The summed E-state index contributed by atoms with van der Waals surface area (Å²) >= 11 is 0. The van der Waals surface area contributed by atoms with E-state index in [1.165, 1.54) is 12.3 Å². The van der Waals surface area contributed by atoms with Crippen LogP contribution < -0.4 is 10.6 Å². The summed E-state index contributed by atoms with van der Waals surface area (Å²) in [4.78, 5) is 26.5. The molecule has 0 radical (unpaired) electrons. The zero-order valence-corrected chi connectivity index (χ0v) is 10.5. The molecule has 0 spiro atoms. The summed E-state index contributed by atoms with van der Waals surface area (Å²) in [5.74, 6) is -0.316. The van der Waals surface area contributed by atoms with Gasteiger partial charge in [-0.3, -0.25) is 19.8 Å². The van der Waals surface area contributed by atoms with Crippen LogP contribution in [0.2, 0.25) is 0 Å². The Morgan fingerprint density at radius 3 is 2.84 bits per heavy atom. The number of nitro groups is 1. The van der Waals surface area contributed by atoms with Crippen LogP contribution in [-0.4, -0.2) is 60.0 Å². The molecule has 1 saturated heterocycles. The third-order valence-corrected chi connectivity index (χ3v) is 3.05. The Morgan fingerprint density at radius 2 is 2.21 bits per heavy atom. The van der Waals surface area contributed by atoms with Crippen molar-refractivity contribution in [3.8, 4) is 0 Å². The number of aromatic nitrogens is 1. The largest absolute Gasteiger partial charge is 0.351 e. The minimum atomic E-state index is -0.534. The highest BCUT2D eigenvalue weighted by atomic mass is 16.6. The molecule has 8 nitrogen and oxygen atoms in total. The fraction of sp³-hybridized carbons (Fsp3) is 0.545. The highest BCUT2D eigenvalue weighted by molar-refractivity contribution is 5.93. The summed E-state index contributed by atoms with van der Waals surface area (Å²) in [6.07, 6.45) is 1.21. The number of rotatable bonds is 5. The van der Waals surface area contributed by atoms with Gasteiger partial charge in [-0.05, 0) is 0 Å². The summed E-state index contributed by atoms with van der Waals surface area (Å²) in [6, 6.07) is 1.24. The van der Waals surface area contributed by atoms with Crippen LogP contribution in [0.3, 0.4) is 0 Å². The van der Waals surface area contributed by atoms with Crippen molar-refractivity contribution in [2.75, 3.05) is 39.3 Å². The van der Waals surface area contributed by atoms with Gasteiger partial charge < -0.3 is 15.6 Å². The Labute approximate surface area is 110 Å². The molecule has 8 heteroatoms. The Hall–Kier alpha value is -1.93. The number of carbonyl (C=O) groups is 1. The average molecular weight is 267 g/mol. The second-order valence-corrected chi connectivity index (χ2v) is 4.38. The number of piperazine rings is 1. The van der Waals surface area contributed by atoms with Gasteiger partial charge in [-0.25, -0.2) is 0 Å². The number of carbonyl (C=O) groups excluding carboxylic acids is 1. The fourth-order valence-electron chi connectivity index (χ4n) is 1.98. The number of hydrogen-bond acceptors (Lipinski definition) is 5. The first-order valence-electron chi connectivity index (χ1n) is 6.21. The standard InChI is InChI=1S/C11H17N5O3/c17-11(10-7-9(8-14-10)16(18)19)13-3-6-15-4-1-12-2-5-15/h7-8,12,14H,1-6H2,(H,13,17). The van der Waals surface area contributed by atoms with Gasteiger partial charge in [0.15, 0.2) is 0 Å². The van der Waals surface area contributed by atoms with Crippen molar-refractivity contribution < 1.29 is 9.72 Å². The molecule has 0 aliphatic carbocycles. The molecule has 1 aliphatic rings. The topological polar surface area (TPSA) is 103 Å². The van der Waals surface area contributed by atoms with E-state index in [9.17, 15) is 14.9 Å². The van der Waals surface area contributed by atoms with Crippen molar-refractivity contribution in [1.29, 1.82) is 0 Å². The zero-order valence-electron chi connectivity index (χ0n) is 10.5. The highest BCUT2D eigenvalue weighted by Crippen LogP contribution is 2.11. The number of amides is 1. The molecule has 0 saturated carbocycles. The van der Waals surface area contributed by atoms with E-state index in [2.05, 4.69) is 20.5 Å². The van der Waals surface area contributed by atoms with Crippen LogP contribution in [0.1, 0.15) is 10.5 Å². The molecule has 1 aliphatic heterocycles. The summed E-state index contributed by atoms with van der Waals surface area (Å²) in [5.41, 5.74) is 0.110. The van der Waals surface area contributed by atoms with E-state index in [-0.39, 0.29) is 17.3 Å². The molecule has 2 heterocycles. The van der Waals surface area contributed by atoms with Gasteiger partial charge in [0.25, 0.3) is 11.6 Å². The Morgan fingerprint density at radius 1 is 1.47 bits per heavy atom. The molecule has 0 atom stereocenters. The second-order valence-electron chi connectivity index (χ2n) is 4.38. The van der Waals surface area contributed by atoms with Crippen molar-refractivity contribution >= 4 is 11.6 Å². The van der Waals surface area contributed by atoms with E-state index in [0.29, 0.717) is 6.54 Å². The predicted octanol–water partition coefficient (Wildman–Crippen LogP) is -0.442. The number of nitrogens with one attached hydrogen (secondary N) is 3. The zero-order chi connectivity index (χ0) is 13.7. The first-order chi connectivity index (χ1) is 9.16. The third-order valence-electron chi connectivity index (χ3n) is 3.05. The van der Waals surface area contributed by atoms with Gasteiger partial charge in [0, 0.05) is 45.3 Å². The minimum absolute atomic E-state index is 0.104. The van der Waals surface area contributed by atoms with Crippen LogP contribution in [0, 0.1) is 10.1 Å². The lowest BCUT2D eigenvalue weighted by Gasteiger charge is -2.26. The van der Waals surface area contributed by atoms with Gasteiger partial charge in [0.2, 0.25) is 0 Å². The van der Waals surface area contributed by atoms with E-state index < -0.39 is 4.92 Å². The van der Waals surface area contributed by atoms with Crippen molar-refractivity contribution in [3.05, 3.63) is 28.1 Å². The molecule has 19 heavy (non-hydrogen) atoms. The van der Waals surface area contributed by atoms with Gasteiger partial charge in [-0.1, -0.05) is 0 Å². The Bertz CT molecular complexity index is 453. The van der Waals surface area contributed by atoms with Crippen LogP contribution in [0.5, 0.6) is 0 Å². The van der Waals surface area contributed by atoms with Crippen molar-refractivity contribution in [2.45, 2.75) is 0 Å². The maximum Gasteiger partial charge on any atom is 0.287 e. The molecule has 0 aromatic carbocycles. The number of aromatic amines is 1. The monoisotopic (exact) mass is 267 g/mol. The molecule has 0 unspecified atom stereocenters. The minimum Gasteiger partial charge on any atom is -0.351 e. The van der Waals surface area contributed by atoms with Crippen LogP contribution in [0.15, 0.2) is 12.3 Å².